The van der Waals surface area contributed by atoms with E-state index in [1.54, 1.807) is 0 Å². The Morgan fingerprint density at radius 1 is 1.00 bits per heavy atom. The van der Waals surface area contributed by atoms with Crippen molar-refractivity contribution in [2.75, 3.05) is 12.3 Å². The quantitative estimate of drug-likeness (QED) is 0.408. The van der Waals surface area contributed by atoms with Crippen molar-refractivity contribution in [3.8, 4) is 0 Å². The molecule has 4 heteroatoms. The molecule has 15 heavy (non-hydrogen) atoms. The zero-order valence-corrected chi connectivity index (χ0v) is 14.5. The Kier molecular flexibility index (Phi) is 7.74. The van der Waals surface area contributed by atoms with Gasteiger partial charge in [-0.3, -0.25) is 0 Å². The zero-order chi connectivity index (χ0) is 11.9. The maximum absolute atomic E-state index is 5.18. The van der Waals surface area contributed by atoms with Crippen molar-refractivity contribution in [1.29, 1.82) is 0 Å². The Balaban J connectivity index is 4.60. The summed E-state index contributed by atoms with van der Waals surface area (Å²) in [6.45, 7) is 11.6. The van der Waals surface area contributed by atoms with Crippen LogP contribution < -0.4 is 0 Å². The van der Waals surface area contributed by atoms with E-state index in [1.165, 1.54) is 38.0 Å². The summed E-state index contributed by atoms with van der Waals surface area (Å²) in [5, 5.41) is 0. The van der Waals surface area contributed by atoms with E-state index in [2.05, 4.69) is 49.0 Å². The molecular weight excluding hydrogens is 285 g/mol. The summed E-state index contributed by atoms with van der Waals surface area (Å²) in [6, 6.07) is 0. The van der Waals surface area contributed by atoms with Crippen molar-refractivity contribution >= 4 is 29.5 Å². The smallest absolute Gasteiger partial charge is 0.171 e. The summed E-state index contributed by atoms with van der Waals surface area (Å²) in [5.41, 5.74) is 0. The molecule has 0 aliphatic rings. The van der Waals surface area contributed by atoms with Gasteiger partial charge in [0.1, 0.15) is 0 Å². The van der Waals surface area contributed by atoms with Gasteiger partial charge in [0.15, 0.2) is 8.24 Å². The van der Waals surface area contributed by atoms with Gasteiger partial charge in [-0.1, -0.05) is 46.3 Å². The first-order chi connectivity index (χ1) is 6.83. The van der Waals surface area contributed by atoms with Gasteiger partial charge in [-0.25, -0.2) is 0 Å². The van der Waals surface area contributed by atoms with Crippen LogP contribution in [0.15, 0.2) is 4.41 Å². The lowest BCUT2D eigenvalue weighted by Gasteiger charge is -2.23. The van der Waals surface area contributed by atoms with Crippen LogP contribution in [0.4, 0.5) is 0 Å². The SMILES string of the molecule is CCCCP(Br)(CCCC)=N[Si](C)(C)C. The predicted octanol–water partition coefficient (Wildman–Crippen LogP) is 5.93. The molecule has 0 saturated heterocycles. The molecule has 0 N–H and O–H groups in total. The van der Waals surface area contributed by atoms with Crippen molar-refractivity contribution in [3.63, 3.8) is 0 Å². The molecule has 0 spiro atoms. The van der Waals surface area contributed by atoms with Crippen LogP contribution in [0.25, 0.3) is 0 Å². The predicted molar refractivity (Wildman–Crippen MR) is 81.2 cm³/mol. The van der Waals surface area contributed by atoms with Gasteiger partial charge < -0.3 is 4.41 Å². The Morgan fingerprint density at radius 2 is 1.40 bits per heavy atom. The van der Waals surface area contributed by atoms with Gasteiger partial charge in [0.05, 0.1) is 0 Å². The van der Waals surface area contributed by atoms with Crippen molar-refractivity contribution in [1.82, 2.24) is 0 Å². The van der Waals surface area contributed by atoms with Crippen LogP contribution in [0.3, 0.4) is 0 Å². The molecule has 92 valence electrons. The molecule has 0 amide bonds. The van der Waals surface area contributed by atoms with Crippen LogP contribution in [0.5, 0.6) is 0 Å². The van der Waals surface area contributed by atoms with E-state index in [0.717, 1.165) is 0 Å². The highest BCUT2D eigenvalue weighted by Crippen LogP contribution is 2.59. The van der Waals surface area contributed by atoms with E-state index < -0.39 is 14.0 Å². The molecule has 0 aliphatic heterocycles. The summed E-state index contributed by atoms with van der Waals surface area (Å²) in [6.07, 6.45) is 7.87. The Labute approximate surface area is 105 Å². The van der Waals surface area contributed by atoms with E-state index >= 15 is 0 Å². The number of rotatable bonds is 7. The topological polar surface area (TPSA) is 12.4 Å². The Hall–Kier alpha value is 0.927. The van der Waals surface area contributed by atoms with Crippen LogP contribution in [0, 0.1) is 0 Å². The van der Waals surface area contributed by atoms with E-state index in [1.807, 2.05) is 0 Å². The van der Waals surface area contributed by atoms with Gasteiger partial charge in [0.2, 0.25) is 0 Å². The number of unbranched alkanes of at least 4 members (excludes halogenated alkanes) is 2. The van der Waals surface area contributed by atoms with E-state index in [0.29, 0.717) is 0 Å². The number of halogens is 1. The van der Waals surface area contributed by atoms with Gasteiger partial charge in [-0.2, -0.15) is 0 Å². The maximum Gasteiger partial charge on any atom is 0.171 e. The number of hydrogen-bond acceptors (Lipinski definition) is 1. The molecule has 0 fully saturated rings. The van der Waals surface area contributed by atoms with Crippen molar-refractivity contribution in [2.24, 2.45) is 4.41 Å². The lowest BCUT2D eigenvalue weighted by molar-refractivity contribution is 0.869. The Bertz CT molecular complexity index is 211. The number of hydrogen-bond donors (Lipinski definition) is 0. The van der Waals surface area contributed by atoms with Gasteiger partial charge in [0.25, 0.3) is 0 Å². The van der Waals surface area contributed by atoms with Crippen LogP contribution in [0.1, 0.15) is 39.5 Å². The first-order valence-electron chi connectivity index (χ1n) is 6.14. The molecule has 0 radical (unpaired) electrons. The van der Waals surface area contributed by atoms with Crippen molar-refractivity contribution < 1.29 is 0 Å². The van der Waals surface area contributed by atoms with Crippen molar-refractivity contribution in [2.45, 2.75) is 59.2 Å². The van der Waals surface area contributed by atoms with Gasteiger partial charge in [-0.15, -0.1) is 0 Å². The molecule has 0 aliphatic carbocycles. The third-order valence-corrected chi connectivity index (χ3v) is 11.6. The minimum absolute atomic E-state index is 1.12. The summed E-state index contributed by atoms with van der Waals surface area (Å²) in [7, 11) is -1.27. The van der Waals surface area contributed by atoms with Crippen molar-refractivity contribution in [3.05, 3.63) is 0 Å². The molecule has 0 bridgehead atoms. The van der Waals surface area contributed by atoms with E-state index in [-0.39, 0.29) is 0 Å². The largest absolute Gasteiger partial charge is 0.328 e. The second-order valence-corrected chi connectivity index (χ2v) is 16.9. The highest BCUT2D eigenvalue weighted by atomic mass is 79.9. The van der Waals surface area contributed by atoms with E-state index in [4.69, 9.17) is 4.41 Å². The average molecular weight is 312 g/mol. The minimum Gasteiger partial charge on any atom is -0.328 e. The lowest BCUT2D eigenvalue weighted by Crippen LogP contribution is -2.16. The highest BCUT2D eigenvalue weighted by molar-refractivity contribution is 9.40. The molecule has 0 unspecified atom stereocenters. The maximum atomic E-state index is 5.18. The second-order valence-electron chi connectivity index (χ2n) is 5.25. The van der Waals surface area contributed by atoms with E-state index in [9.17, 15) is 0 Å². The fourth-order valence-corrected chi connectivity index (χ4v) is 14.3. The molecule has 0 aromatic rings. The molecule has 0 saturated carbocycles. The normalized spacial score (nSPS) is 12.9. The molecule has 0 atom stereocenters. The molecule has 0 aromatic heterocycles. The second kappa shape index (κ2) is 7.29. The summed E-state index contributed by atoms with van der Waals surface area (Å²) >= 11 is 4.00. The Morgan fingerprint density at radius 3 is 1.67 bits per heavy atom. The van der Waals surface area contributed by atoms with Gasteiger partial charge in [0, 0.05) is 5.76 Å². The third-order valence-electron chi connectivity index (χ3n) is 2.19. The standard InChI is InChI=1S/C11H27BrNPSi/c1-6-8-10-14(12,11-9-7-2)13-15(3,4)5/h6-11H2,1-5H3. The lowest BCUT2D eigenvalue weighted by atomic mass is 10.4. The first kappa shape index (κ1) is 15.9. The molecule has 1 nitrogen and oxygen atoms in total. The third kappa shape index (κ3) is 8.71. The molecule has 0 heterocycles. The van der Waals surface area contributed by atoms with Crippen LogP contribution in [-0.2, 0) is 0 Å². The fraction of sp³-hybridized carbons (Fsp3) is 1.00. The monoisotopic (exact) mass is 311 g/mol. The van der Waals surface area contributed by atoms with Crippen LogP contribution in [0.2, 0.25) is 19.6 Å². The summed E-state index contributed by atoms with van der Waals surface area (Å²) in [5.74, 6) is -1.12. The van der Waals surface area contributed by atoms with Gasteiger partial charge >= 0.3 is 0 Å². The molecule has 0 aromatic carbocycles. The molecule has 0 rings (SSSR count). The molecular formula is C11H27BrNPSi. The van der Waals surface area contributed by atoms with Gasteiger partial charge in [-0.05, 0) is 40.7 Å². The minimum atomic E-state index is -1.27. The average Bonchev–Trinajstić information content (AvgIpc) is 2.09. The zero-order valence-electron chi connectivity index (χ0n) is 11.0. The summed E-state index contributed by atoms with van der Waals surface area (Å²) in [4.78, 5) is 0. The summed E-state index contributed by atoms with van der Waals surface area (Å²) < 4.78 is 5.18. The fourth-order valence-electron chi connectivity index (χ4n) is 1.55. The first-order valence-corrected chi connectivity index (χ1v) is 13.7. The van der Waals surface area contributed by atoms with Crippen LogP contribution >= 0.6 is 21.2 Å². The van der Waals surface area contributed by atoms with Crippen LogP contribution in [-0.4, -0.2) is 20.6 Å². The highest BCUT2D eigenvalue weighted by Gasteiger charge is 2.20. The number of nitrogens with zero attached hydrogens (tertiary/aromatic N) is 1.